The van der Waals surface area contributed by atoms with Gasteiger partial charge in [-0.05, 0) is 23.3 Å². The maximum Gasteiger partial charge on any atom is 0.326 e. The van der Waals surface area contributed by atoms with Crippen LogP contribution in [0, 0.1) is 5.82 Å². The molecule has 2 amide bonds. The van der Waals surface area contributed by atoms with Crippen LogP contribution in [-0.4, -0.2) is 40.8 Å². The van der Waals surface area contributed by atoms with Gasteiger partial charge < -0.3 is 15.7 Å². The number of amides is 2. The first-order valence-corrected chi connectivity index (χ1v) is 11.0. The van der Waals surface area contributed by atoms with Crippen molar-refractivity contribution in [2.24, 2.45) is 0 Å². The minimum atomic E-state index is -1.26. The predicted octanol–water partition coefficient (Wildman–Crippen LogP) is 2.92. The second kappa shape index (κ2) is 11.7. The normalized spacial score (nSPS) is 12.3. The first kappa shape index (κ1) is 25.3. The zero-order chi connectivity index (χ0) is 25.4. The number of nitrogens with one attached hydrogen (secondary N) is 2. The predicted molar refractivity (Wildman–Crippen MR) is 127 cm³/mol. The number of rotatable bonds is 10. The van der Waals surface area contributed by atoms with E-state index in [-0.39, 0.29) is 18.6 Å². The summed E-state index contributed by atoms with van der Waals surface area (Å²) in [6.45, 7) is 1.25. The summed E-state index contributed by atoms with van der Waals surface area (Å²) in [5, 5.41) is 14.6. The number of halogens is 1. The molecule has 3 N–H and O–H groups in total. The van der Waals surface area contributed by atoms with E-state index in [1.807, 2.05) is 6.07 Å². The van der Waals surface area contributed by atoms with Crippen molar-refractivity contribution < 1.29 is 28.7 Å². The summed E-state index contributed by atoms with van der Waals surface area (Å²) in [5.41, 5.74) is 2.21. The highest BCUT2D eigenvalue weighted by molar-refractivity contribution is 6.08. The molecule has 0 saturated carbocycles. The van der Waals surface area contributed by atoms with Crippen LogP contribution in [0.4, 0.5) is 4.39 Å². The van der Waals surface area contributed by atoms with E-state index in [1.54, 1.807) is 48.5 Å². The first-order chi connectivity index (χ1) is 16.7. The number of hydrogen-bond acceptors (Lipinski definition) is 4. The fourth-order valence-corrected chi connectivity index (χ4v) is 3.57. The second-order valence-corrected chi connectivity index (χ2v) is 8.08. The molecular weight excluding hydrogens is 451 g/mol. The third-order valence-electron chi connectivity index (χ3n) is 5.35. The second-order valence-electron chi connectivity index (χ2n) is 8.08. The summed E-state index contributed by atoms with van der Waals surface area (Å²) in [4.78, 5) is 48.9. The number of hydrogen-bond donors (Lipinski definition) is 3. The Morgan fingerprint density at radius 3 is 1.80 bits per heavy atom. The summed E-state index contributed by atoms with van der Waals surface area (Å²) >= 11 is 0. The van der Waals surface area contributed by atoms with Gasteiger partial charge in [-0.2, -0.15) is 0 Å². The number of carbonyl (C=O) groups is 4. The Morgan fingerprint density at radius 2 is 1.26 bits per heavy atom. The van der Waals surface area contributed by atoms with E-state index < -0.39 is 35.7 Å². The molecule has 3 aromatic carbocycles. The van der Waals surface area contributed by atoms with Crippen molar-refractivity contribution in [2.75, 3.05) is 0 Å². The Labute approximate surface area is 202 Å². The van der Waals surface area contributed by atoms with E-state index in [0.717, 1.165) is 0 Å². The smallest absolute Gasteiger partial charge is 0.326 e. The van der Waals surface area contributed by atoms with Gasteiger partial charge in [0.25, 0.3) is 0 Å². The number of ketones is 1. The van der Waals surface area contributed by atoms with Gasteiger partial charge in [0.1, 0.15) is 17.9 Å². The Balaban J connectivity index is 1.69. The van der Waals surface area contributed by atoms with Crippen LogP contribution < -0.4 is 10.6 Å². The summed E-state index contributed by atoms with van der Waals surface area (Å²) in [7, 11) is 0. The van der Waals surface area contributed by atoms with E-state index in [1.165, 1.54) is 31.2 Å². The van der Waals surface area contributed by atoms with Crippen LogP contribution in [0.2, 0.25) is 0 Å². The lowest BCUT2D eigenvalue weighted by molar-refractivity contribution is -0.142. The monoisotopic (exact) mass is 476 g/mol. The molecule has 0 unspecified atom stereocenters. The molecule has 3 aromatic rings. The van der Waals surface area contributed by atoms with E-state index in [0.29, 0.717) is 22.3 Å². The fourth-order valence-electron chi connectivity index (χ4n) is 3.57. The molecule has 0 saturated heterocycles. The number of aliphatic carboxylic acids is 1. The lowest BCUT2D eigenvalue weighted by Gasteiger charge is -2.21. The Kier molecular flexibility index (Phi) is 8.45. The van der Waals surface area contributed by atoms with Crippen molar-refractivity contribution >= 4 is 23.6 Å². The minimum absolute atomic E-state index is 0.0236. The molecule has 0 aliphatic heterocycles. The van der Waals surface area contributed by atoms with Crippen molar-refractivity contribution in [1.29, 1.82) is 0 Å². The maximum atomic E-state index is 13.2. The van der Waals surface area contributed by atoms with Gasteiger partial charge in [0, 0.05) is 30.9 Å². The summed E-state index contributed by atoms with van der Waals surface area (Å²) in [6, 6.07) is 18.4. The van der Waals surface area contributed by atoms with Crippen molar-refractivity contribution in [3.8, 4) is 0 Å². The molecule has 0 fully saturated rings. The zero-order valence-electron chi connectivity index (χ0n) is 19.0. The van der Waals surface area contributed by atoms with E-state index in [2.05, 4.69) is 10.6 Å². The van der Waals surface area contributed by atoms with Gasteiger partial charge in [-0.1, -0.05) is 66.7 Å². The van der Waals surface area contributed by atoms with Crippen LogP contribution in [-0.2, 0) is 27.2 Å². The van der Waals surface area contributed by atoms with E-state index in [4.69, 9.17) is 0 Å². The molecule has 180 valence electrons. The molecule has 8 heteroatoms. The van der Waals surface area contributed by atoms with Crippen LogP contribution in [0.5, 0.6) is 0 Å². The zero-order valence-corrected chi connectivity index (χ0v) is 19.0. The number of carboxylic acid groups (broad SMARTS) is 1. The van der Waals surface area contributed by atoms with Gasteiger partial charge >= 0.3 is 5.97 Å². The number of benzene rings is 3. The van der Waals surface area contributed by atoms with Crippen LogP contribution in [0.15, 0.2) is 78.9 Å². The molecule has 3 rings (SSSR count). The largest absolute Gasteiger partial charge is 0.480 e. The van der Waals surface area contributed by atoms with Crippen molar-refractivity contribution in [3.63, 3.8) is 0 Å². The number of carboxylic acids is 1. The van der Waals surface area contributed by atoms with Crippen LogP contribution >= 0.6 is 0 Å². The standard InChI is InChI=1S/C27H25FN2O5/c1-17(31)29-23(15-19-9-13-22(28)14-10-19)26(33)30-24(27(34)35)16-18-7-11-21(12-8-18)25(32)20-5-3-2-4-6-20/h2-14,23-24H,15-16H2,1H3,(H,29,31)(H,30,33)(H,34,35)/t23-,24+/m0/s1. The highest BCUT2D eigenvalue weighted by atomic mass is 19.1. The molecule has 0 bridgehead atoms. The summed E-state index contributed by atoms with van der Waals surface area (Å²) in [5.74, 6) is -2.97. The Hall–Kier alpha value is -4.33. The van der Waals surface area contributed by atoms with Gasteiger partial charge in [-0.3, -0.25) is 14.4 Å². The first-order valence-electron chi connectivity index (χ1n) is 11.0. The lowest BCUT2D eigenvalue weighted by Crippen LogP contribution is -2.52. The molecular formula is C27H25FN2O5. The van der Waals surface area contributed by atoms with Crippen LogP contribution in [0.25, 0.3) is 0 Å². The van der Waals surface area contributed by atoms with Crippen molar-refractivity contribution in [3.05, 3.63) is 107 Å². The molecule has 35 heavy (non-hydrogen) atoms. The average Bonchev–Trinajstić information content (AvgIpc) is 2.84. The fraction of sp³-hybridized carbons (Fsp3) is 0.185. The molecule has 2 atom stereocenters. The quantitative estimate of drug-likeness (QED) is 0.390. The highest BCUT2D eigenvalue weighted by Crippen LogP contribution is 2.13. The molecule has 7 nitrogen and oxygen atoms in total. The van der Waals surface area contributed by atoms with Gasteiger partial charge in [0.15, 0.2) is 5.78 Å². The molecule has 0 aliphatic carbocycles. The molecule has 0 radical (unpaired) electrons. The average molecular weight is 477 g/mol. The number of carbonyl (C=O) groups excluding carboxylic acids is 3. The Morgan fingerprint density at radius 1 is 0.743 bits per heavy atom. The molecule has 0 spiro atoms. The summed E-state index contributed by atoms with van der Waals surface area (Å²) in [6.07, 6.45) is 0.0402. The van der Waals surface area contributed by atoms with E-state index in [9.17, 15) is 28.7 Å². The minimum Gasteiger partial charge on any atom is -0.480 e. The van der Waals surface area contributed by atoms with Crippen LogP contribution in [0.3, 0.4) is 0 Å². The summed E-state index contributed by atoms with van der Waals surface area (Å²) < 4.78 is 13.2. The maximum absolute atomic E-state index is 13.2. The van der Waals surface area contributed by atoms with Gasteiger partial charge in [0.2, 0.25) is 11.8 Å². The van der Waals surface area contributed by atoms with Crippen molar-refractivity contribution in [1.82, 2.24) is 10.6 Å². The molecule has 0 aromatic heterocycles. The third kappa shape index (κ3) is 7.33. The highest BCUT2D eigenvalue weighted by Gasteiger charge is 2.26. The van der Waals surface area contributed by atoms with Crippen molar-refractivity contribution in [2.45, 2.75) is 31.8 Å². The molecule has 0 aliphatic rings. The lowest BCUT2D eigenvalue weighted by atomic mass is 9.99. The van der Waals surface area contributed by atoms with Gasteiger partial charge in [-0.25, -0.2) is 9.18 Å². The van der Waals surface area contributed by atoms with Gasteiger partial charge in [0.05, 0.1) is 0 Å². The topological polar surface area (TPSA) is 113 Å². The van der Waals surface area contributed by atoms with Crippen LogP contribution in [0.1, 0.15) is 34.0 Å². The third-order valence-corrected chi connectivity index (χ3v) is 5.35. The Bertz CT molecular complexity index is 1190. The van der Waals surface area contributed by atoms with E-state index >= 15 is 0 Å². The van der Waals surface area contributed by atoms with Gasteiger partial charge in [-0.15, -0.1) is 0 Å². The molecule has 0 heterocycles. The SMILES string of the molecule is CC(=O)N[C@@H](Cc1ccc(F)cc1)C(=O)N[C@H](Cc1ccc(C(=O)c2ccccc2)cc1)C(=O)O.